The van der Waals surface area contributed by atoms with Crippen LogP contribution in [0.4, 0.5) is 11.4 Å². The Kier molecular flexibility index (Phi) is 5.98. The lowest BCUT2D eigenvalue weighted by Gasteiger charge is -2.40. The molecule has 3 aromatic rings. The molecule has 0 unspecified atom stereocenters. The monoisotopic (exact) mass is 469 g/mol. The van der Waals surface area contributed by atoms with Crippen LogP contribution in [-0.4, -0.2) is 72.9 Å². The molecule has 35 heavy (non-hydrogen) atoms. The first-order chi connectivity index (χ1) is 17.2. The summed E-state index contributed by atoms with van der Waals surface area (Å²) in [6.07, 6.45) is 4.02. The Balaban J connectivity index is 1.17. The summed E-state index contributed by atoms with van der Waals surface area (Å²) >= 11 is 0. The summed E-state index contributed by atoms with van der Waals surface area (Å²) in [5, 5.41) is 13.9. The van der Waals surface area contributed by atoms with E-state index < -0.39 is 0 Å². The number of hydrogen-bond acceptors (Lipinski definition) is 8. The van der Waals surface area contributed by atoms with Crippen molar-refractivity contribution in [3.8, 4) is 6.07 Å². The first-order valence-corrected chi connectivity index (χ1v) is 12.5. The van der Waals surface area contributed by atoms with E-state index in [1.54, 1.807) is 6.20 Å². The Labute approximate surface area is 206 Å². The molecular weight excluding hydrogens is 438 g/mol. The number of morpholine rings is 1. The van der Waals surface area contributed by atoms with Gasteiger partial charge in [-0.2, -0.15) is 5.26 Å². The zero-order valence-corrected chi connectivity index (χ0v) is 20.2. The molecule has 6 rings (SSSR count). The summed E-state index contributed by atoms with van der Waals surface area (Å²) in [5.41, 5.74) is 6.27. The lowest BCUT2D eigenvalue weighted by atomic mass is 10.1. The van der Waals surface area contributed by atoms with E-state index in [9.17, 15) is 5.26 Å². The quantitative estimate of drug-likeness (QED) is 0.625. The van der Waals surface area contributed by atoms with E-state index in [-0.39, 0.29) is 12.2 Å². The van der Waals surface area contributed by atoms with Gasteiger partial charge in [0.15, 0.2) is 0 Å². The van der Waals surface area contributed by atoms with Gasteiger partial charge in [0.25, 0.3) is 0 Å². The number of anilines is 2. The van der Waals surface area contributed by atoms with Gasteiger partial charge in [-0.1, -0.05) is 0 Å². The third kappa shape index (κ3) is 4.43. The standard InChI is InChI=1S/C27H31N7O/c1-19-14-34(26-5-4-20(12-28)27-24(26)3-2-6-30-27)17-23(35-19)16-32-15-21-11-22(13-31-25(21)18-32)33-9-7-29-8-10-33/h2-6,11,13,19,23,29H,7-10,14-18H2,1H3/t19-,23+/m1/s1. The molecule has 8 heteroatoms. The topological polar surface area (TPSA) is 80.6 Å². The van der Waals surface area contributed by atoms with Crippen LogP contribution in [0.2, 0.25) is 0 Å². The van der Waals surface area contributed by atoms with Gasteiger partial charge in [0.2, 0.25) is 0 Å². The van der Waals surface area contributed by atoms with Crippen LogP contribution in [0.25, 0.3) is 10.9 Å². The van der Waals surface area contributed by atoms with Crippen molar-refractivity contribution in [2.75, 3.05) is 55.6 Å². The first-order valence-electron chi connectivity index (χ1n) is 12.5. The largest absolute Gasteiger partial charge is 0.370 e. The molecule has 1 aromatic carbocycles. The molecule has 2 aromatic heterocycles. The Morgan fingerprint density at radius 3 is 2.86 bits per heavy atom. The molecule has 180 valence electrons. The van der Waals surface area contributed by atoms with Crippen LogP contribution in [0.15, 0.2) is 42.7 Å². The molecule has 1 N–H and O–H groups in total. The summed E-state index contributed by atoms with van der Waals surface area (Å²) < 4.78 is 6.39. The Morgan fingerprint density at radius 2 is 2.00 bits per heavy atom. The predicted molar refractivity (Wildman–Crippen MR) is 136 cm³/mol. The zero-order valence-electron chi connectivity index (χ0n) is 20.2. The van der Waals surface area contributed by atoms with Crippen molar-refractivity contribution < 1.29 is 4.74 Å². The maximum absolute atomic E-state index is 9.51. The number of nitriles is 1. The van der Waals surface area contributed by atoms with Gasteiger partial charge in [-0.15, -0.1) is 0 Å². The zero-order chi connectivity index (χ0) is 23.8. The van der Waals surface area contributed by atoms with Gasteiger partial charge in [0, 0.05) is 76.2 Å². The predicted octanol–water partition coefficient (Wildman–Crippen LogP) is 2.52. The molecule has 0 spiro atoms. The van der Waals surface area contributed by atoms with Crippen LogP contribution in [-0.2, 0) is 17.8 Å². The summed E-state index contributed by atoms with van der Waals surface area (Å²) in [6, 6.07) is 12.6. The number of nitrogens with one attached hydrogen (secondary N) is 1. The third-order valence-corrected chi connectivity index (χ3v) is 7.29. The van der Waals surface area contributed by atoms with Crippen LogP contribution in [0.3, 0.4) is 0 Å². The van der Waals surface area contributed by atoms with Crippen molar-refractivity contribution in [1.29, 1.82) is 5.26 Å². The van der Waals surface area contributed by atoms with Gasteiger partial charge >= 0.3 is 0 Å². The third-order valence-electron chi connectivity index (χ3n) is 7.29. The molecule has 2 fully saturated rings. The van der Waals surface area contributed by atoms with Crippen LogP contribution >= 0.6 is 0 Å². The Bertz CT molecular complexity index is 1270. The molecule has 8 nitrogen and oxygen atoms in total. The number of aromatic nitrogens is 2. The van der Waals surface area contributed by atoms with E-state index in [1.807, 2.05) is 18.3 Å². The highest BCUT2D eigenvalue weighted by molar-refractivity contribution is 5.95. The highest BCUT2D eigenvalue weighted by atomic mass is 16.5. The lowest BCUT2D eigenvalue weighted by Crippen LogP contribution is -2.50. The van der Waals surface area contributed by atoms with E-state index in [4.69, 9.17) is 9.72 Å². The fourth-order valence-electron chi connectivity index (χ4n) is 5.69. The Morgan fingerprint density at radius 1 is 1.11 bits per heavy atom. The average Bonchev–Trinajstić information content (AvgIpc) is 3.29. The second kappa shape index (κ2) is 9.42. The maximum Gasteiger partial charge on any atom is 0.101 e. The summed E-state index contributed by atoms with van der Waals surface area (Å²) in [7, 11) is 0. The normalized spacial score (nSPS) is 22.9. The molecule has 0 saturated carbocycles. The van der Waals surface area contributed by atoms with Gasteiger partial charge in [-0.05, 0) is 42.8 Å². The van der Waals surface area contributed by atoms with Gasteiger partial charge < -0.3 is 19.9 Å². The van der Waals surface area contributed by atoms with Gasteiger partial charge in [-0.3, -0.25) is 14.9 Å². The minimum absolute atomic E-state index is 0.100. The minimum atomic E-state index is 0.100. The number of nitrogens with zero attached hydrogens (tertiary/aromatic N) is 6. The van der Waals surface area contributed by atoms with Crippen molar-refractivity contribution in [1.82, 2.24) is 20.2 Å². The van der Waals surface area contributed by atoms with Gasteiger partial charge in [0.1, 0.15) is 6.07 Å². The van der Waals surface area contributed by atoms with Crippen molar-refractivity contribution in [2.45, 2.75) is 32.2 Å². The summed E-state index contributed by atoms with van der Waals surface area (Å²) in [4.78, 5) is 16.6. The molecule has 0 bridgehead atoms. The number of pyridine rings is 2. The molecule has 2 atom stereocenters. The average molecular weight is 470 g/mol. The fraction of sp³-hybridized carbons (Fsp3) is 0.444. The number of benzene rings is 1. The Hall–Kier alpha value is -3.25. The van der Waals surface area contributed by atoms with Gasteiger partial charge in [0.05, 0.1) is 40.9 Å². The second-order valence-corrected chi connectivity index (χ2v) is 9.82. The van der Waals surface area contributed by atoms with E-state index in [0.29, 0.717) is 5.56 Å². The van der Waals surface area contributed by atoms with Crippen LogP contribution < -0.4 is 15.1 Å². The van der Waals surface area contributed by atoms with Crippen LogP contribution in [0, 0.1) is 11.3 Å². The van der Waals surface area contributed by atoms with E-state index >= 15 is 0 Å². The highest BCUT2D eigenvalue weighted by Crippen LogP contribution is 2.31. The molecule has 5 heterocycles. The molecule has 3 aliphatic heterocycles. The number of rotatable bonds is 4. The van der Waals surface area contributed by atoms with E-state index in [1.165, 1.54) is 16.9 Å². The summed E-state index contributed by atoms with van der Waals surface area (Å²) in [6.45, 7) is 10.6. The number of hydrogen-bond donors (Lipinski definition) is 1. The first kappa shape index (κ1) is 22.2. The number of fused-ring (bicyclic) bond motifs is 2. The van der Waals surface area contributed by atoms with Crippen molar-refractivity contribution >= 4 is 22.3 Å². The lowest BCUT2D eigenvalue weighted by molar-refractivity contribution is -0.0329. The number of piperazine rings is 1. The smallest absolute Gasteiger partial charge is 0.101 e. The van der Waals surface area contributed by atoms with Crippen molar-refractivity contribution in [3.63, 3.8) is 0 Å². The fourth-order valence-corrected chi connectivity index (χ4v) is 5.69. The molecule has 0 aliphatic carbocycles. The number of ether oxygens (including phenoxy) is 1. The SMILES string of the molecule is C[C@@H]1CN(c2ccc(C#N)c3ncccc23)C[C@H](CN2Cc3cc(N4CCNCC4)cnc3C2)O1. The maximum atomic E-state index is 9.51. The molecule has 3 aliphatic rings. The van der Waals surface area contributed by atoms with E-state index in [2.05, 4.69) is 56.2 Å². The van der Waals surface area contributed by atoms with Crippen molar-refractivity contribution in [3.05, 3.63) is 59.5 Å². The highest BCUT2D eigenvalue weighted by Gasteiger charge is 2.30. The summed E-state index contributed by atoms with van der Waals surface area (Å²) in [5.74, 6) is 0. The molecule has 2 saturated heterocycles. The minimum Gasteiger partial charge on any atom is -0.370 e. The van der Waals surface area contributed by atoms with Crippen LogP contribution in [0.5, 0.6) is 0 Å². The molecule has 0 radical (unpaired) electrons. The molecule has 0 amide bonds. The van der Waals surface area contributed by atoms with E-state index in [0.717, 1.165) is 75.5 Å². The second-order valence-electron chi connectivity index (χ2n) is 9.82. The molecular formula is C27H31N7O. The van der Waals surface area contributed by atoms with Gasteiger partial charge in [-0.25, -0.2) is 0 Å². The van der Waals surface area contributed by atoms with Crippen molar-refractivity contribution in [2.24, 2.45) is 0 Å². The van der Waals surface area contributed by atoms with Crippen LogP contribution in [0.1, 0.15) is 23.7 Å².